The molecule has 0 aromatic rings. The molecule has 0 aromatic heterocycles. The van der Waals surface area contributed by atoms with Crippen molar-refractivity contribution in [2.75, 3.05) is 26.0 Å². The minimum absolute atomic E-state index is 0.0320. The van der Waals surface area contributed by atoms with Gasteiger partial charge in [-0.05, 0) is 12.3 Å². The Labute approximate surface area is 95.8 Å². The molecule has 1 aliphatic rings. The van der Waals surface area contributed by atoms with Crippen molar-refractivity contribution in [2.24, 2.45) is 11.7 Å². The summed E-state index contributed by atoms with van der Waals surface area (Å²) in [6.07, 6.45) is 0.627. The summed E-state index contributed by atoms with van der Waals surface area (Å²) in [5.41, 5.74) is 5.80. The predicted molar refractivity (Wildman–Crippen MR) is 59.1 cm³/mol. The zero-order valence-corrected chi connectivity index (χ0v) is 10.4. The molecule has 0 bridgehead atoms. The molecule has 1 aliphatic heterocycles. The number of rotatable bonds is 3. The average Bonchev–Trinajstić information content (AvgIpc) is 2.21. The maximum Gasteiger partial charge on any atom is 0.322 e. The smallest absolute Gasteiger partial charge is 0.322 e. The van der Waals surface area contributed by atoms with Crippen LogP contribution in [0.2, 0.25) is 0 Å². The van der Waals surface area contributed by atoms with Gasteiger partial charge in [0.15, 0.2) is 5.75 Å². The van der Waals surface area contributed by atoms with E-state index >= 15 is 0 Å². The van der Waals surface area contributed by atoms with Crippen molar-refractivity contribution in [1.82, 2.24) is 4.31 Å². The van der Waals surface area contributed by atoms with Crippen LogP contribution in [-0.2, 0) is 19.6 Å². The lowest BCUT2D eigenvalue weighted by atomic mass is 9.96. The van der Waals surface area contributed by atoms with Crippen molar-refractivity contribution >= 4 is 16.0 Å². The first-order valence-electron chi connectivity index (χ1n) is 5.17. The van der Waals surface area contributed by atoms with Crippen molar-refractivity contribution < 1.29 is 17.9 Å². The highest BCUT2D eigenvalue weighted by Crippen LogP contribution is 2.18. The highest BCUT2D eigenvalue weighted by atomic mass is 32.2. The number of piperidine rings is 1. The van der Waals surface area contributed by atoms with Gasteiger partial charge in [-0.3, -0.25) is 4.79 Å². The van der Waals surface area contributed by atoms with Crippen LogP contribution < -0.4 is 5.73 Å². The fraction of sp³-hybridized carbons (Fsp3) is 0.889. The summed E-state index contributed by atoms with van der Waals surface area (Å²) in [5.74, 6) is -1.21. The summed E-state index contributed by atoms with van der Waals surface area (Å²) < 4.78 is 29.3. The molecule has 0 amide bonds. The van der Waals surface area contributed by atoms with Crippen molar-refractivity contribution in [2.45, 2.75) is 19.4 Å². The molecule has 2 unspecified atom stereocenters. The molecule has 1 rings (SSSR count). The number of carbonyl (C=O) groups excluding carboxylic acids is 1. The third kappa shape index (κ3) is 3.16. The Morgan fingerprint density at radius 2 is 2.19 bits per heavy atom. The van der Waals surface area contributed by atoms with Gasteiger partial charge in [-0.25, -0.2) is 12.7 Å². The molecule has 2 atom stereocenters. The molecule has 0 radical (unpaired) electrons. The highest BCUT2D eigenvalue weighted by Gasteiger charge is 2.32. The molecule has 0 aliphatic carbocycles. The van der Waals surface area contributed by atoms with E-state index in [0.29, 0.717) is 19.5 Å². The molecule has 0 saturated carbocycles. The number of hydrogen-bond acceptors (Lipinski definition) is 5. The fourth-order valence-electron chi connectivity index (χ4n) is 1.68. The molecule has 7 heteroatoms. The molecule has 16 heavy (non-hydrogen) atoms. The lowest BCUT2D eigenvalue weighted by Gasteiger charge is -2.33. The van der Waals surface area contributed by atoms with Crippen LogP contribution in [0.4, 0.5) is 0 Å². The summed E-state index contributed by atoms with van der Waals surface area (Å²) in [4.78, 5) is 11.0. The molecule has 6 nitrogen and oxygen atoms in total. The lowest BCUT2D eigenvalue weighted by Crippen LogP contribution is -2.49. The molecule has 1 saturated heterocycles. The van der Waals surface area contributed by atoms with Crippen LogP contribution in [0.1, 0.15) is 13.3 Å². The van der Waals surface area contributed by atoms with Crippen LogP contribution in [0, 0.1) is 5.92 Å². The first kappa shape index (κ1) is 13.4. The SMILES string of the molecule is COC(=O)CS(=O)(=O)N1CCC(N)C(C)C1. The Bertz CT molecular complexity index is 355. The van der Waals surface area contributed by atoms with Gasteiger partial charge < -0.3 is 10.5 Å². The second-order valence-corrected chi connectivity index (χ2v) is 6.09. The number of ether oxygens (including phenoxy) is 1. The topological polar surface area (TPSA) is 89.7 Å². The monoisotopic (exact) mass is 250 g/mol. The van der Waals surface area contributed by atoms with Crippen molar-refractivity contribution in [3.8, 4) is 0 Å². The molecular weight excluding hydrogens is 232 g/mol. The molecule has 0 aromatic carbocycles. The average molecular weight is 250 g/mol. The maximum atomic E-state index is 11.8. The molecule has 0 spiro atoms. The largest absolute Gasteiger partial charge is 0.468 e. The number of sulfonamides is 1. The summed E-state index contributed by atoms with van der Waals surface area (Å²) >= 11 is 0. The van der Waals surface area contributed by atoms with E-state index in [1.807, 2.05) is 6.92 Å². The number of hydrogen-bond donors (Lipinski definition) is 1. The summed E-state index contributed by atoms with van der Waals surface area (Å²) in [6, 6.07) is 0.0320. The quantitative estimate of drug-likeness (QED) is 0.660. The normalized spacial score (nSPS) is 27.7. The van der Waals surface area contributed by atoms with Crippen LogP contribution in [0.3, 0.4) is 0 Å². The third-order valence-electron chi connectivity index (χ3n) is 2.86. The summed E-state index contributed by atoms with van der Waals surface area (Å²) in [6.45, 7) is 2.66. The van der Waals surface area contributed by atoms with Crippen LogP contribution in [-0.4, -0.2) is 50.7 Å². The van der Waals surface area contributed by atoms with Crippen LogP contribution in [0.15, 0.2) is 0 Å². The third-order valence-corrected chi connectivity index (χ3v) is 4.57. The molecule has 1 fully saturated rings. The van der Waals surface area contributed by atoms with Gasteiger partial charge in [0.2, 0.25) is 10.0 Å². The Hall–Kier alpha value is -0.660. The zero-order chi connectivity index (χ0) is 12.3. The number of esters is 1. The number of methoxy groups -OCH3 is 1. The fourth-order valence-corrected chi connectivity index (χ4v) is 3.12. The van der Waals surface area contributed by atoms with E-state index in [1.54, 1.807) is 0 Å². The Balaban J connectivity index is 2.67. The van der Waals surface area contributed by atoms with Gasteiger partial charge in [-0.1, -0.05) is 6.92 Å². The second kappa shape index (κ2) is 5.11. The van der Waals surface area contributed by atoms with E-state index in [-0.39, 0.29) is 12.0 Å². The first-order chi connectivity index (χ1) is 7.36. The summed E-state index contributed by atoms with van der Waals surface area (Å²) in [7, 11) is -2.37. The van der Waals surface area contributed by atoms with Crippen LogP contribution >= 0.6 is 0 Å². The van der Waals surface area contributed by atoms with Crippen LogP contribution in [0.5, 0.6) is 0 Å². The Morgan fingerprint density at radius 3 is 2.69 bits per heavy atom. The lowest BCUT2D eigenvalue weighted by molar-refractivity contribution is -0.137. The minimum Gasteiger partial charge on any atom is -0.468 e. The molecule has 94 valence electrons. The standard InChI is InChI=1S/C9H18N2O4S/c1-7-5-11(4-3-8(7)10)16(13,14)6-9(12)15-2/h7-8H,3-6,10H2,1-2H3. The van der Waals surface area contributed by atoms with Crippen molar-refractivity contribution in [1.29, 1.82) is 0 Å². The Kier molecular flexibility index (Phi) is 4.28. The van der Waals surface area contributed by atoms with Crippen molar-refractivity contribution in [3.63, 3.8) is 0 Å². The van der Waals surface area contributed by atoms with E-state index in [4.69, 9.17) is 5.73 Å². The van der Waals surface area contributed by atoms with E-state index in [2.05, 4.69) is 4.74 Å². The number of carbonyl (C=O) groups is 1. The van der Waals surface area contributed by atoms with Gasteiger partial charge in [0.25, 0.3) is 0 Å². The minimum atomic E-state index is -3.55. The van der Waals surface area contributed by atoms with Gasteiger partial charge in [-0.15, -0.1) is 0 Å². The van der Waals surface area contributed by atoms with Gasteiger partial charge in [0.1, 0.15) is 0 Å². The molecular formula is C9H18N2O4S. The van der Waals surface area contributed by atoms with Gasteiger partial charge in [-0.2, -0.15) is 0 Å². The maximum absolute atomic E-state index is 11.8. The highest BCUT2D eigenvalue weighted by molar-refractivity contribution is 7.89. The predicted octanol–water partition coefficient (Wildman–Crippen LogP) is -0.842. The second-order valence-electron chi connectivity index (χ2n) is 4.12. The number of nitrogens with two attached hydrogens (primary N) is 1. The van der Waals surface area contributed by atoms with Crippen LogP contribution in [0.25, 0.3) is 0 Å². The zero-order valence-electron chi connectivity index (χ0n) is 9.55. The van der Waals surface area contributed by atoms with E-state index < -0.39 is 21.7 Å². The van der Waals surface area contributed by atoms with E-state index in [9.17, 15) is 13.2 Å². The molecule has 1 heterocycles. The Morgan fingerprint density at radius 1 is 1.56 bits per heavy atom. The van der Waals surface area contributed by atoms with Gasteiger partial charge in [0.05, 0.1) is 7.11 Å². The van der Waals surface area contributed by atoms with Crippen molar-refractivity contribution in [3.05, 3.63) is 0 Å². The van der Waals surface area contributed by atoms with E-state index in [0.717, 1.165) is 0 Å². The van der Waals surface area contributed by atoms with Gasteiger partial charge in [0, 0.05) is 19.1 Å². The first-order valence-corrected chi connectivity index (χ1v) is 6.78. The molecule has 2 N–H and O–H groups in total. The van der Waals surface area contributed by atoms with E-state index in [1.165, 1.54) is 11.4 Å². The van der Waals surface area contributed by atoms with Gasteiger partial charge >= 0.3 is 5.97 Å². The summed E-state index contributed by atoms with van der Waals surface area (Å²) in [5, 5.41) is 0. The number of nitrogens with zero attached hydrogens (tertiary/aromatic N) is 1.